The van der Waals surface area contributed by atoms with Crippen molar-refractivity contribution in [2.45, 2.75) is 19.1 Å². The molecule has 1 unspecified atom stereocenters. The summed E-state index contributed by atoms with van der Waals surface area (Å²) in [5.74, 6) is -2.57. The number of pyridine rings is 1. The largest absolute Gasteiger partial charge is 0.438 e. The molecule has 1 atom stereocenters. The maximum absolute atomic E-state index is 14.3. The van der Waals surface area contributed by atoms with Gasteiger partial charge in [0, 0.05) is 17.8 Å². The molecule has 4 rings (SSSR count). The fraction of sp³-hybridized carbons (Fsp3) is 0.182. The predicted octanol–water partition coefficient (Wildman–Crippen LogP) is 5.44. The number of alkyl halides is 3. The van der Waals surface area contributed by atoms with Gasteiger partial charge in [0.05, 0.1) is 24.0 Å². The molecule has 2 heterocycles. The van der Waals surface area contributed by atoms with Crippen molar-refractivity contribution >= 4 is 11.6 Å². The van der Waals surface area contributed by atoms with E-state index in [-0.39, 0.29) is 23.5 Å². The summed E-state index contributed by atoms with van der Waals surface area (Å²) in [7, 11) is 0. The minimum atomic E-state index is -4.67. The lowest BCUT2D eigenvalue weighted by Crippen LogP contribution is -2.44. The van der Waals surface area contributed by atoms with Crippen molar-refractivity contribution in [3.63, 3.8) is 0 Å². The van der Waals surface area contributed by atoms with Crippen molar-refractivity contribution in [1.82, 2.24) is 10.3 Å². The van der Waals surface area contributed by atoms with Crippen LogP contribution in [-0.4, -0.2) is 17.6 Å². The number of ether oxygens (including phenoxy) is 1. The summed E-state index contributed by atoms with van der Waals surface area (Å²) < 4.78 is 72.5. The number of halogens is 5. The van der Waals surface area contributed by atoms with E-state index in [2.05, 4.69) is 10.3 Å². The van der Waals surface area contributed by atoms with Gasteiger partial charge in [0.15, 0.2) is 0 Å². The number of benzene rings is 2. The second kappa shape index (κ2) is 8.10. The number of rotatable bonds is 4. The molecule has 1 N–H and O–H groups in total. The molecule has 1 aliphatic heterocycles. The van der Waals surface area contributed by atoms with E-state index in [1.165, 1.54) is 24.3 Å². The summed E-state index contributed by atoms with van der Waals surface area (Å²) in [5, 5.41) is 2.64. The number of carbonyl (C=O) groups is 1. The van der Waals surface area contributed by atoms with E-state index < -0.39 is 41.2 Å². The Bertz CT molecular complexity index is 1180. The molecule has 1 aliphatic rings. The van der Waals surface area contributed by atoms with Gasteiger partial charge in [0.25, 0.3) is 5.91 Å². The first-order valence-electron chi connectivity index (χ1n) is 9.49. The molecule has 166 valence electrons. The topological polar surface area (TPSA) is 54.5 Å². The maximum Gasteiger partial charge on any atom is 0.421 e. The normalized spacial score (nSPS) is 14.6. The van der Waals surface area contributed by atoms with Crippen LogP contribution in [0.15, 0.2) is 54.7 Å². The van der Waals surface area contributed by atoms with E-state index in [0.29, 0.717) is 5.69 Å². The van der Waals surface area contributed by atoms with Gasteiger partial charge in [-0.2, -0.15) is 13.2 Å². The number of nitrogens with zero attached hydrogens (tertiary/aromatic N) is 2. The Balaban J connectivity index is 1.67. The lowest BCUT2D eigenvalue weighted by Gasteiger charge is -2.36. The van der Waals surface area contributed by atoms with E-state index >= 15 is 0 Å². The fourth-order valence-corrected chi connectivity index (χ4v) is 3.50. The van der Waals surface area contributed by atoms with Crippen molar-refractivity contribution in [2.75, 3.05) is 11.6 Å². The van der Waals surface area contributed by atoms with Gasteiger partial charge in [-0.25, -0.2) is 13.8 Å². The third-order valence-corrected chi connectivity index (χ3v) is 5.10. The summed E-state index contributed by atoms with van der Waals surface area (Å²) in [6.45, 7) is 1.74. The van der Waals surface area contributed by atoms with Crippen LogP contribution in [0, 0.1) is 11.6 Å². The van der Waals surface area contributed by atoms with Crippen LogP contribution in [0.1, 0.15) is 34.5 Å². The van der Waals surface area contributed by atoms with Crippen LogP contribution in [0.3, 0.4) is 0 Å². The van der Waals surface area contributed by atoms with Crippen LogP contribution >= 0.6 is 0 Å². The van der Waals surface area contributed by atoms with E-state index in [1.807, 2.05) is 0 Å². The average molecular weight is 449 g/mol. The SMILES string of the molecule is CC(c1ccc(F)cc1F)N1CNC(=O)c2cc(Oc3ncccc3C(F)(F)F)ccc21. The third-order valence-electron chi connectivity index (χ3n) is 5.10. The Kier molecular flexibility index (Phi) is 5.45. The minimum Gasteiger partial charge on any atom is -0.438 e. The molecule has 3 aromatic rings. The smallest absolute Gasteiger partial charge is 0.421 e. The highest BCUT2D eigenvalue weighted by molar-refractivity contribution is 6.02. The minimum absolute atomic E-state index is 0.0226. The predicted molar refractivity (Wildman–Crippen MR) is 105 cm³/mol. The molecule has 5 nitrogen and oxygen atoms in total. The van der Waals surface area contributed by atoms with Gasteiger partial charge in [-0.15, -0.1) is 0 Å². The second-order valence-corrected chi connectivity index (χ2v) is 7.11. The van der Waals surface area contributed by atoms with Crippen molar-refractivity contribution < 1.29 is 31.5 Å². The van der Waals surface area contributed by atoms with Gasteiger partial charge in [0.2, 0.25) is 5.88 Å². The average Bonchev–Trinajstić information content (AvgIpc) is 2.73. The number of anilines is 1. The first-order valence-corrected chi connectivity index (χ1v) is 9.49. The molecule has 1 aromatic heterocycles. The summed E-state index contributed by atoms with van der Waals surface area (Å²) in [4.78, 5) is 17.7. The Hall–Kier alpha value is -3.69. The molecule has 10 heteroatoms. The van der Waals surface area contributed by atoms with Gasteiger partial charge in [-0.05, 0) is 43.3 Å². The quantitative estimate of drug-likeness (QED) is 0.539. The molecule has 32 heavy (non-hydrogen) atoms. The zero-order chi connectivity index (χ0) is 23.0. The Morgan fingerprint density at radius 3 is 2.62 bits per heavy atom. The van der Waals surface area contributed by atoms with Gasteiger partial charge >= 0.3 is 6.18 Å². The van der Waals surface area contributed by atoms with E-state index in [0.717, 1.165) is 30.5 Å². The second-order valence-electron chi connectivity index (χ2n) is 7.11. The maximum atomic E-state index is 14.3. The van der Waals surface area contributed by atoms with Crippen LogP contribution in [0.2, 0.25) is 0 Å². The van der Waals surface area contributed by atoms with Gasteiger partial charge in [0.1, 0.15) is 22.9 Å². The van der Waals surface area contributed by atoms with Gasteiger partial charge in [-0.3, -0.25) is 4.79 Å². The lowest BCUT2D eigenvalue weighted by molar-refractivity contribution is -0.138. The standard InChI is InChI=1S/C22H16F5N3O2/c1-12(15-6-4-13(23)9-18(15)24)30-11-29-20(31)16-10-14(5-7-19(16)30)32-21-17(22(25,26)27)3-2-8-28-21/h2-10,12H,11H2,1H3,(H,29,31). The van der Waals surface area contributed by atoms with Crippen LogP contribution in [-0.2, 0) is 6.18 Å². The van der Waals surface area contributed by atoms with Crippen LogP contribution in [0.25, 0.3) is 0 Å². The van der Waals surface area contributed by atoms with Gasteiger partial charge < -0.3 is 15.0 Å². The summed E-state index contributed by atoms with van der Waals surface area (Å²) >= 11 is 0. The van der Waals surface area contributed by atoms with E-state index in [1.54, 1.807) is 11.8 Å². The zero-order valence-electron chi connectivity index (χ0n) is 16.6. The Morgan fingerprint density at radius 2 is 1.91 bits per heavy atom. The van der Waals surface area contributed by atoms with E-state index in [4.69, 9.17) is 4.74 Å². The van der Waals surface area contributed by atoms with Gasteiger partial charge in [-0.1, -0.05) is 6.07 Å². The number of fused-ring (bicyclic) bond motifs is 1. The van der Waals surface area contributed by atoms with Crippen molar-refractivity contribution in [3.8, 4) is 11.6 Å². The van der Waals surface area contributed by atoms with Crippen molar-refractivity contribution in [3.05, 3.63) is 83.1 Å². The fourth-order valence-electron chi connectivity index (χ4n) is 3.50. The van der Waals surface area contributed by atoms with Crippen molar-refractivity contribution in [1.29, 1.82) is 0 Å². The van der Waals surface area contributed by atoms with Crippen LogP contribution in [0.4, 0.5) is 27.6 Å². The molecule has 0 bridgehead atoms. The molecular formula is C22H16F5N3O2. The number of hydrogen-bond donors (Lipinski definition) is 1. The van der Waals surface area contributed by atoms with Crippen LogP contribution in [0.5, 0.6) is 11.6 Å². The highest BCUT2D eigenvalue weighted by atomic mass is 19.4. The number of hydrogen-bond acceptors (Lipinski definition) is 4. The zero-order valence-corrected chi connectivity index (χ0v) is 16.6. The molecule has 0 saturated heterocycles. The third kappa shape index (κ3) is 4.08. The van der Waals surface area contributed by atoms with Crippen LogP contribution < -0.4 is 15.0 Å². The number of aromatic nitrogens is 1. The molecule has 2 aromatic carbocycles. The lowest BCUT2D eigenvalue weighted by atomic mass is 10.0. The highest BCUT2D eigenvalue weighted by Crippen LogP contribution is 2.39. The first kappa shape index (κ1) is 21.5. The first-order chi connectivity index (χ1) is 15.1. The molecular weight excluding hydrogens is 433 g/mol. The summed E-state index contributed by atoms with van der Waals surface area (Å²) in [6, 6.07) is 8.83. The molecule has 0 spiro atoms. The summed E-state index contributed by atoms with van der Waals surface area (Å²) in [5.41, 5.74) is -0.275. The number of amides is 1. The van der Waals surface area contributed by atoms with E-state index in [9.17, 15) is 26.7 Å². The molecule has 0 aliphatic carbocycles. The summed E-state index contributed by atoms with van der Waals surface area (Å²) in [6.07, 6.45) is -3.50. The Morgan fingerprint density at radius 1 is 1.12 bits per heavy atom. The molecule has 0 saturated carbocycles. The molecule has 1 amide bonds. The number of nitrogens with one attached hydrogen (secondary N) is 1. The Labute approximate surface area is 179 Å². The van der Waals surface area contributed by atoms with Crippen molar-refractivity contribution in [2.24, 2.45) is 0 Å². The number of carbonyl (C=O) groups excluding carboxylic acids is 1. The highest BCUT2D eigenvalue weighted by Gasteiger charge is 2.35. The monoisotopic (exact) mass is 449 g/mol. The molecule has 0 radical (unpaired) electrons. The molecule has 0 fully saturated rings.